The average Bonchev–Trinajstić information content (AvgIpc) is 3.06. The van der Waals surface area contributed by atoms with Gasteiger partial charge < -0.3 is 10.1 Å². The van der Waals surface area contributed by atoms with Crippen LogP contribution >= 0.6 is 22.9 Å². The molecular weight excluding hydrogens is 338 g/mol. The first kappa shape index (κ1) is 17.0. The molecule has 0 radical (unpaired) electrons. The van der Waals surface area contributed by atoms with Gasteiger partial charge in [0.15, 0.2) is 0 Å². The molecule has 3 rings (SSSR count). The molecule has 0 saturated carbocycles. The first-order valence-corrected chi connectivity index (χ1v) is 9.14. The van der Waals surface area contributed by atoms with Crippen LogP contribution in [0.25, 0.3) is 0 Å². The third-order valence-electron chi connectivity index (χ3n) is 3.80. The third kappa shape index (κ3) is 4.84. The summed E-state index contributed by atoms with van der Waals surface area (Å²) in [4.78, 5) is 1.25. The fourth-order valence-electron chi connectivity index (χ4n) is 2.38. The van der Waals surface area contributed by atoms with Gasteiger partial charge in [-0.05, 0) is 42.3 Å². The van der Waals surface area contributed by atoms with Gasteiger partial charge in [-0.25, -0.2) is 0 Å². The van der Waals surface area contributed by atoms with Crippen LogP contribution in [-0.4, -0.2) is 0 Å². The molecule has 1 unspecified atom stereocenters. The Morgan fingerprint density at radius 1 is 0.958 bits per heavy atom. The quantitative estimate of drug-likeness (QED) is 0.574. The van der Waals surface area contributed by atoms with E-state index in [1.165, 1.54) is 16.0 Å². The van der Waals surface area contributed by atoms with Crippen LogP contribution in [0, 0.1) is 0 Å². The standard InChI is InChI=1S/C20H20ClNOS/c1-15(19-11-12-20(21)24-19)22-13-16-7-9-18(10-8-16)23-14-17-5-3-2-4-6-17/h2-12,15,22H,13-14H2,1H3. The van der Waals surface area contributed by atoms with Crippen molar-refractivity contribution >= 4 is 22.9 Å². The highest BCUT2D eigenvalue weighted by molar-refractivity contribution is 7.16. The summed E-state index contributed by atoms with van der Waals surface area (Å²) >= 11 is 7.61. The number of benzene rings is 2. The van der Waals surface area contributed by atoms with E-state index in [0.29, 0.717) is 6.61 Å². The van der Waals surface area contributed by atoms with Crippen molar-refractivity contribution in [3.05, 3.63) is 87.1 Å². The molecule has 2 aromatic carbocycles. The average molecular weight is 358 g/mol. The largest absolute Gasteiger partial charge is 0.489 e. The van der Waals surface area contributed by atoms with Crippen molar-refractivity contribution in [1.82, 2.24) is 5.32 Å². The highest BCUT2D eigenvalue weighted by Crippen LogP contribution is 2.26. The molecule has 124 valence electrons. The second kappa shape index (κ2) is 8.34. The number of halogens is 1. The number of thiophene rings is 1. The predicted molar refractivity (Wildman–Crippen MR) is 102 cm³/mol. The lowest BCUT2D eigenvalue weighted by Gasteiger charge is -2.12. The van der Waals surface area contributed by atoms with Crippen molar-refractivity contribution in [2.45, 2.75) is 26.1 Å². The zero-order chi connectivity index (χ0) is 16.8. The maximum Gasteiger partial charge on any atom is 0.119 e. The lowest BCUT2D eigenvalue weighted by Crippen LogP contribution is -2.17. The molecular formula is C20H20ClNOS. The summed E-state index contributed by atoms with van der Waals surface area (Å²) in [6, 6.07) is 22.7. The molecule has 0 fully saturated rings. The maximum absolute atomic E-state index is 5.99. The first-order chi connectivity index (χ1) is 11.7. The molecule has 24 heavy (non-hydrogen) atoms. The van der Waals surface area contributed by atoms with Crippen LogP contribution < -0.4 is 10.1 Å². The van der Waals surface area contributed by atoms with E-state index in [-0.39, 0.29) is 6.04 Å². The molecule has 1 heterocycles. The zero-order valence-electron chi connectivity index (χ0n) is 13.5. The smallest absolute Gasteiger partial charge is 0.119 e. The van der Waals surface area contributed by atoms with Gasteiger partial charge >= 0.3 is 0 Å². The predicted octanol–water partition coefficient (Wildman–Crippen LogP) is 5.83. The van der Waals surface area contributed by atoms with Crippen LogP contribution in [0.15, 0.2) is 66.7 Å². The minimum atomic E-state index is 0.288. The minimum absolute atomic E-state index is 0.288. The van der Waals surface area contributed by atoms with E-state index >= 15 is 0 Å². The Labute approximate surface area is 152 Å². The summed E-state index contributed by atoms with van der Waals surface area (Å²) in [7, 11) is 0. The van der Waals surface area contributed by atoms with Crippen LogP contribution in [0.1, 0.15) is 29.0 Å². The van der Waals surface area contributed by atoms with E-state index in [1.54, 1.807) is 11.3 Å². The van der Waals surface area contributed by atoms with Crippen molar-refractivity contribution < 1.29 is 4.74 Å². The minimum Gasteiger partial charge on any atom is -0.489 e. The normalized spacial score (nSPS) is 12.1. The lowest BCUT2D eigenvalue weighted by molar-refractivity contribution is 0.306. The van der Waals surface area contributed by atoms with Crippen LogP contribution in [0.3, 0.4) is 0 Å². The Hall–Kier alpha value is -1.81. The maximum atomic E-state index is 5.99. The first-order valence-electron chi connectivity index (χ1n) is 7.95. The summed E-state index contributed by atoms with van der Waals surface area (Å²) in [5.74, 6) is 0.890. The zero-order valence-corrected chi connectivity index (χ0v) is 15.1. The third-order valence-corrected chi connectivity index (χ3v) is 5.22. The number of nitrogens with one attached hydrogen (secondary N) is 1. The Kier molecular flexibility index (Phi) is 5.91. The molecule has 0 saturated heterocycles. The number of hydrogen-bond donors (Lipinski definition) is 1. The van der Waals surface area contributed by atoms with E-state index in [9.17, 15) is 0 Å². The summed E-state index contributed by atoms with van der Waals surface area (Å²) in [6.07, 6.45) is 0. The van der Waals surface area contributed by atoms with E-state index < -0.39 is 0 Å². The molecule has 3 aromatic rings. The molecule has 0 amide bonds. The summed E-state index contributed by atoms with van der Waals surface area (Å²) in [5.41, 5.74) is 2.41. The van der Waals surface area contributed by atoms with Crippen molar-refractivity contribution in [2.24, 2.45) is 0 Å². The number of ether oxygens (including phenoxy) is 1. The van der Waals surface area contributed by atoms with Gasteiger partial charge in [-0.2, -0.15) is 0 Å². The summed E-state index contributed by atoms with van der Waals surface area (Å²) < 4.78 is 6.64. The van der Waals surface area contributed by atoms with E-state index in [2.05, 4.69) is 42.6 Å². The second-order valence-electron chi connectivity index (χ2n) is 5.66. The SMILES string of the molecule is CC(NCc1ccc(OCc2ccccc2)cc1)c1ccc(Cl)s1. The van der Waals surface area contributed by atoms with Crippen LogP contribution in [0.4, 0.5) is 0 Å². The highest BCUT2D eigenvalue weighted by atomic mass is 35.5. The number of hydrogen-bond acceptors (Lipinski definition) is 3. The van der Waals surface area contributed by atoms with Crippen LogP contribution in [0.2, 0.25) is 4.34 Å². The van der Waals surface area contributed by atoms with Gasteiger partial charge in [0.25, 0.3) is 0 Å². The lowest BCUT2D eigenvalue weighted by atomic mass is 10.2. The van der Waals surface area contributed by atoms with E-state index in [1.807, 2.05) is 36.4 Å². The fourth-order valence-corrected chi connectivity index (χ4v) is 3.46. The highest BCUT2D eigenvalue weighted by Gasteiger charge is 2.07. The molecule has 4 heteroatoms. The molecule has 1 aromatic heterocycles. The van der Waals surface area contributed by atoms with Gasteiger partial charge in [-0.3, -0.25) is 0 Å². The van der Waals surface area contributed by atoms with Gasteiger partial charge in [0, 0.05) is 17.5 Å². The van der Waals surface area contributed by atoms with Crippen molar-refractivity contribution in [3.8, 4) is 5.75 Å². The van der Waals surface area contributed by atoms with Crippen LogP contribution in [-0.2, 0) is 13.2 Å². The van der Waals surface area contributed by atoms with Crippen molar-refractivity contribution in [3.63, 3.8) is 0 Å². The van der Waals surface area contributed by atoms with Crippen molar-refractivity contribution in [2.75, 3.05) is 0 Å². The Morgan fingerprint density at radius 2 is 1.71 bits per heavy atom. The van der Waals surface area contributed by atoms with Gasteiger partial charge in [0.2, 0.25) is 0 Å². The molecule has 0 aliphatic heterocycles. The summed E-state index contributed by atoms with van der Waals surface area (Å²) in [5, 5.41) is 3.52. The Morgan fingerprint density at radius 3 is 2.38 bits per heavy atom. The fraction of sp³-hybridized carbons (Fsp3) is 0.200. The van der Waals surface area contributed by atoms with Gasteiger partial charge in [-0.1, -0.05) is 54.1 Å². The Balaban J connectivity index is 1.49. The molecule has 2 nitrogen and oxygen atoms in total. The molecule has 0 bridgehead atoms. The van der Waals surface area contributed by atoms with Crippen LogP contribution in [0.5, 0.6) is 5.75 Å². The van der Waals surface area contributed by atoms with Gasteiger partial charge in [0.05, 0.1) is 4.34 Å². The molecule has 0 spiro atoms. The van der Waals surface area contributed by atoms with Gasteiger partial charge in [0.1, 0.15) is 12.4 Å². The monoisotopic (exact) mass is 357 g/mol. The summed E-state index contributed by atoms with van der Waals surface area (Å²) in [6.45, 7) is 3.56. The number of rotatable bonds is 7. The molecule has 0 aliphatic rings. The second-order valence-corrected chi connectivity index (χ2v) is 7.41. The molecule has 1 N–H and O–H groups in total. The molecule has 1 atom stereocenters. The van der Waals surface area contributed by atoms with E-state index in [0.717, 1.165) is 16.6 Å². The topological polar surface area (TPSA) is 21.3 Å². The molecule has 0 aliphatic carbocycles. The Bertz CT molecular complexity index is 755. The van der Waals surface area contributed by atoms with Gasteiger partial charge in [-0.15, -0.1) is 11.3 Å². The van der Waals surface area contributed by atoms with E-state index in [4.69, 9.17) is 16.3 Å². The van der Waals surface area contributed by atoms with Crippen molar-refractivity contribution in [1.29, 1.82) is 0 Å².